The second-order valence-corrected chi connectivity index (χ2v) is 6.30. The lowest BCUT2D eigenvalue weighted by Gasteiger charge is -2.26. The van der Waals surface area contributed by atoms with Crippen LogP contribution in [-0.2, 0) is 9.53 Å². The summed E-state index contributed by atoms with van der Waals surface area (Å²) in [7, 11) is 0. The first kappa shape index (κ1) is 17.6. The van der Waals surface area contributed by atoms with E-state index in [0.717, 1.165) is 0 Å². The Morgan fingerprint density at radius 1 is 1.31 bits per heavy atom. The summed E-state index contributed by atoms with van der Waals surface area (Å²) >= 11 is 0. The van der Waals surface area contributed by atoms with Gasteiger partial charge in [0.15, 0.2) is 0 Å². The van der Waals surface area contributed by atoms with Crippen LogP contribution in [0.5, 0.6) is 0 Å². The molecule has 1 aliphatic rings. The Kier molecular flexibility index (Phi) is 4.45. The van der Waals surface area contributed by atoms with Crippen LogP contribution < -0.4 is 5.32 Å². The molecule has 1 aliphatic heterocycles. The summed E-state index contributed by atoms with van der Waals surface area (Å²) in [6, 6.07) is 5.05. The van der Waals surface area contributed by atoms with Crippen LogP contribution in [0.15, 0.2) is 45.5 Å². The summed E-state index contributed by atoms with van der Waals surface area (Å²) in [5, 5.41) is 22.4. The molecule has 2 aromatic rings. The lowest BCUT2D eigenvalue weighted by atomic mass is 9.83. The molecule has 0 aliphatic carbocycles. The highest BCUT2D eigenvalue weighted by atomic mass is 16.6. The van der Waals surface area contributed by atoms with Crippen molar-refractivity contribution in [2.45, 2.75) is 39.7 Å². The maximum absolute atomic E-state index is 12.7. The highest BCUT2D eigenvalue weighted by molar-refractivity contribution is 5.94. The van der Waals surface area contributed by atoms with Crippen molar-refractivity contribution in [2.75, 3.05) is 0 Å². The summed E-state index contributed by atoms with van der Waals surface area (Å²) in [4.78, 5) is 24.0. The number of rotatable bonds is 4. The smallest absolute Gasteiger partial charge is 0.337 e. The van der Waals surface area contributed by atoms with Crippen molar-refractivity contribution in [3.8, 4) is 0 Å². The largest absolute Gasteiger partial charge is 0.460 e. The third kappa shape index (κ3) is 2.92. The van der Waals surface area contributed by atoms with Gasteiger partial charge < -0.3 is 10.1 Å². The predicted octanol–water partition coefficient (Wildman–Crippen LogP) is 2.64. The van der Waals surface area contributed by atoms with E-state index in [2.05, 4.69) is 15.6 Å². The second-order valence-electron chi connectivity index (χ2n) is 6.30. The second kappa shape index (κ2) is 6.58. The molecule has 0 spiro atoms. The van der Waals surface area contributed by atoms with Crippen molar-refractivity contribution in [3.05, 3.63) is 56.5 Å². The first-order chi connectivity index (χ1) is 12.3. The molecule has 0 radical (unpaired) electrons. The summed E-state index contributed by atoms with van der Waals surface area (Å²) < 4.78 is 10.1. The Morgan fingerprint density at radius 2 is 2.04 bits per heavy atom. The highest BCUT2D eigenvalue weighted by Gasteiger charge is 2.42. The van der Waals surface area contributed by atoms with E-state index in [1.807, 2.05) is 0 Å². The molecule has 0 saturated heterocycles. The Morgan fingerprint density at radius 3 is 2.69 bits per heavy atom. The molecule has 0 bridgehead atoms. The monoisotopic (exact) mass is 358 g/mol. The topological polar surface area (TPSA) is 120 Å². The van der Waals surface area contributed by atoms with Crippen molar-refractivity contribution in [1.82, 2.24) is 15.6 Å². The summed E-state index contributed by atoms with van der Waals surface area (Å²) in [5.74, 6) is -1.57. The highest BCUT2D eigenvalue weighted by Crippen LogP contribution is 2.40. The van der Waals surface area contributed by atoms with Crippen LogP contribution in [0.3, 0.4) is 0 Å². The van der Waals surface area contributed by atoms with E-state index < -0.39 is 16.8 Å². The molecular formula is C17H18N4O5. The first-order valence-electron chi connectivity index (χ1n) is 8.06. The summed E-state index contributed by atoms with van der Waals surface area (Å²) in [6.45, 7) is 6.72. The van der Waals surface area contributed by atoms with Crippen LogP contribution >= 0.6 is 0 Å². The van der Waals surface area contributed by atoms with E-state index in [-0.39, 0.29) is 17.4 Å². The SMILES string of the molecule is CC1=C(C(=O)OC(C)C)C(c2cccc3nonc23)C([N+](=O)[O-])=C(C)N1. The zero-order chi connectivity index (χ0) is 19.0. The maximum Gasteiger partial charge on any atom is 0.337 e. The average molecular weight is 358 g/mol. The van der Waals surface area contributed by atoms with Gasteiger partial charge in [0.1, 0.15) is 17.0 Å². The van der Waals surface area contributed by atoms with E-state index >= 15 is 0 Å². The van der Waals surface area contributed by atoms with E-state index in [1.54, 1.807) is 45.9 Å². The zero-order valence-corrected chi connectivity index (χ0v) is 14.8. The quantitative estimate of drug-likeness (QED) is 0.503. The Labute approximate surface area is 148 Å². The number of ether oxygens (including phenoxy) is 1. The molecule has 26 heavy (non-hydrogen) atoms. The number of hydrogen-bond acceptors (Lipinski definition) is 8. The number of carbonyl (C=O) groups is 1. The number of fused-ring (bicyclic) bond motifs is 1. The molecule has 3 rings (SSSR count). The Bertz CT molecular complexity index is 957. The minimum absolute atomic E-state index is 0.137. The van der Waals surface area contributed by atoms with E-state index in [9.17, 15) is 14.9 Å². The van der Waals surface area contributed by atoms with Crippen LogP contribution in [0.1, 0.15) is 39.2 Å². The van der Waals surface area contributed by atoms with Gasteiger partial charge in [0.25, 0.3) is 5.70 Å². The van der Waals surface area contributed by atoms with Gasteiger partial charge in [-0.05, 0) is 44.1 Å². The lowest BCUT2D eigenvalue weighted by molar-refractivity contribution is -0.431. The van der Waals surface area contributed by atoms with Crippen molar-refractivity contribution in [2.24, 2.45) is 0 Å². The van der Waals surface area contributed by atoms with Gasteiger partial charge in [-0.2, -0.15) is 0 Å². The fourth-order valence-electron chi connectivity index (χ4n) is 3.14. The molecular weight excluding hydrogens is 340 g/mol. The van der Waals surface area contributed by atoms with Crippen LogP contribution in [0, 0.1) is 10.1 Å². The first-order valence-corrected chi connectivity index (χ1v) is 8.06. The number of dihydropyridines is 1. The third-order valence-corrected chi connectivity index (χ3v) is 4.11. The molecule has 1 aromatic heterocycles. The summed E-state index contributed by atoms with van der Waals surface area (Å²) in [5.41, 5.74) is 2.17. The van der Waals surface area contributed by atoms with Gasteiger partial charge in [-0.3, -0.25) is 10.1 Å². The van der Waals surface area contributed by atoms with E-state index in [0.29, 0.717) is 28.0 Å². The van der Waals surface area contributed by atoms with E-state index in [4.69, 9.17) is 9.37 Å². The van der Waals surface area contributed by atoms with Gasteiger partial charge in [-0.1, -0.05) is 12.1 Å². The van der Waals surface area contributed by atoms with Crippen LogP contribution in [0.4, 0.5) is 0 Å². The van der Waals surface area contributed by atoms with Crippen molar-refractivity contribution >= 4 is 17.0 Å². The minimum Gasteiger partial charge on any atom is -0.460 e. The Hall–Kier alpha value is -3.23. The van der Waals surface area contributed by atoms with Crippen LogP contribution in [-0.4, -0.2) is 27.3 Å². The standard InChI is InChI=1S/C17H18N4O5/c1-8(2)25-17(22)13-9(3)18-10(4)16(21(23)24)14(13)11-6-5-7-12-15(11)20-26-19-12/h5-8,14,18H,1-4H3. The molecule has 9 heteroatoms. The van der Waals surface area contributed by atoms with Gasteiger partial charge in [-0.25, -0.2) is 9.42 Å². The minimum atomic E-state index is -0.951. The number of nitrogens with zero attached hydrogens (tertiary/aromatic N) is 3. The van der Waals surface area contributed by atoms with Crippen LogP contribution in [0.25, 0.3) is 11.0 Å². The predicted molar refractivity (Wildman–Crippen MR) is 91.3 cm³/mol. The number of esters is 1. The normalized spacial score (nSPS) is 17.7. The molecule has 0 saturated carbocycles. The zero-order valence-electron chi connectivity index (χ0n) is 14.8. The molecule has 0 amide bonds. The molecule has 136 valence electrons. The van der Waals surface area contributed by atoms with Crippen molar-refractivity contribution in [1.29, 1.82) is 0 Å². The van der Waals surface area contributed by atoms with Gasteiger partial charge >= 0.3 is 5.97 Å². The number of hydrogen-bond donors (Lipinski definition) is 1. The number of allylic oxidation sites excluding steroid dienone is 3. The third-order valence-electron chi connectivity index (χ3n) is 4.11. The van der Waals surface area contributed by atoms with E-state index in [1.165, 1.54) is 0 Å². The van der Waals surface area contributed by atoms with Crippen molar-refractivity contribution < 1.29 is 19.1 Å². The molecule has 0 fully saturated rings. The molecule has 9 nitrogen and oxygen atoms in total. The van der Waals surface area contributed by atoms with Gasteiger partial charge in [0, 0.05) is 11.3 Å². The lowest BCUT2D eigenvalue weighted by Crippen LogP contribution is -2.32. The average Bonchev–Trinajstić information content (AvgIpc) is 3.01. The van der Waals surface area contributed by atoms with Crippen LogP contribution in [0.2, 0.25) is 0 Å². The van der Waals surface area contributed by atoms with Crippen molar-refractivity contribution in [3.63, 3.8) is 0 Å². The molecule has 1 aromatic carbocycles. The van der Waals surface area contributed by atoms with Gasteiger partial charge in [0.05, 0.1) is 22.3 Å². The molecule has 1 N–H and O–H groups in total. The number of benzene rings is 1. The Balaban J connectivity index is 2.25. The fourth-order valence-corrected chi connectivity index (χ4v) is 3.14. The molecule has 1 atom stereocenters. The van der Waals surface area contributed by atoms with Gasteiger partial charge in [-0.15, -0.1) is 0 Å². The number of nitro groups is 1. The summed E-state index contributed by atoms with van der Waals surface area (Å²) in [6.07, 6.45) is -0.362. The number of aromatic nitrogens is 2. The number of carbonyl (C=O) groups excluding carboxylic acids is 1. The maximum atomic E-state index is 12.7. The molecule has 1 unspecified atom stereocenters. The van der Waals surface area contributed by atoms with Gasteiger partial charge in [0.2, 0.25) is 0 Å². The number of nitrogens with one attached hydrogen (secondary N) is 1. The molecule has 2 heterocycles. The fraction of sp³-hybridized carbons (Fsp3) is 0.353.